The van der Waals surface area contributed by atoms with Gasteiger partial charge in [-0.05, 0) is 6.07 Å². The van der Waals surface area contributed by atoms with Gasteiger partial charge in [0.15, 0.2) is 6.29 Å². The topological polar surface area (TPSA) is 103 Å². The van der Waals surface area contributed by atoms with Crippen LogP contribution in [0.15, 0.2) is 12.1 Å². The number of rotatable bonds is 3. The van der Waals surface area contributed by atoms with Gasteiger partial charge in [-0.2, -0.15) is 13.2 Å². The number of hydrogen-bond acceptors (Lipinski definition) is 4. The van der Waals surface area contributed by atoms with Crippen LogP contribution in [0.25, 0.3) is 0 Å². The molecule has 96 valence electrons. The van der Waals surface area contributed by atoms with Crippen LogP contribution in [-0.2, 0) is 6.18 Å². The number of primary amides is 1. The molecule has 0 saturated carbocycles. The zero-order chi connectivity index (χ0) is 14.1. The van der Waals surface area contributed by atoms with E-state index >= 15 is 0 Å². The number of halogens is 3. The van der Waals surface area contributed by atoms with E-state index in [1.54, 1.807) is 0 Å². The summed E-state index contributed by atoms with van der Waals surface area (Å²) in [6.07, 6.45) is -5.10. The average molecular weight is 262 g/mol. The van der Waals surface area contributed by atoms with Gasteiger partial charge in [-0.3, -0.25) is 19.7 Å². The van der Waals surface area contributed by atoms with Gasteiger partial charge in [0.1, 0.15) is 5.56 Å². The monoisotopic (exact) mass is 262 g/mol. The number of amides is 1. The SMILES string of the molecule is NC(=O)c1cc(C=O)c(C(F)(F)F)cc1[N+](=O)[O-]. The molecule has 0 saturated heterocycles. The number of carbonyl (C=O) groups is 2. The van der Waals surface area contributed by atoms with Crippen LogP contribution in [0.5, 0.6) is 0 Å². The number of nitro benzene ring substituents is 1. The summed E-state index contributed by atoms with van der Waals surface area (Å²) in [4.78, 5) is 30.8. The molecule has 0 spiro atoms. The largest absolute Gasteiger partial charge is 0.417 e. The second-order valence-corrected chi connectivity index (χ2v) is 3.19. The zero-order valence-corrected chi connectivity index (χ0v) is 8.52. The van der Waals surface area contributed by atoms with E-state index in [1.807, 2.05) is 0 Å². The lowest BCUT2D eigenvalue weighted by Gasteiger charge is -2.10. The smallest absolute Gasteiger partial charge is 0.365 e. The molecule has 0 bridgehead atoms. The number of aldehydes is 1. The van der Waals surface area contributed by atoms with Crippen LogP contribution >= 0.6 is 0 Å². The second-order valence-electron chi connectivity index (χ2n) is 3.19. The van der Waals surface area contributed by atoms with E-state index < -0.39 is 39.4 Å². The third-order valence-electron chi connectivity index (χ3n) is 2.06. The van der Waals surface area contributed by atoms with Crippen LogP contribution < -0.4 is 5.73 Å². The summed E-state index contributed by atoms with van der Waals surface area (Å²) < 4.78 is 37.5. The Balaban J connectivity index is 3.67. The standard InChI is InChI=1S/C9H5F3N2O4/c10-9(11,12)6-2-7(14(17)18)5(8(13)16)1-4(6)3-15/h1-3H,(H2,13,16). The quantitative estimate of drug-likeness (QED) is 0.506. The van der Waals surface area contributed by atoms with E-state index in [0.29, 0.717) is 6.07 Å². The van der Waals surface area contributed by atoms with Crippen molar-refractivity contribution < 1.29 is 27.7 Å². The van der Waals surface area contributed by atoms with E-state index in [0.717, 1.165) is 0 Å². The summed E-state index contributed by atoms with van der Waals surface area (Å²) in [5.74, 6) is -1.29. The van der Waals surface area contributed by atoms with Crippen LogP contribution in [0, 0.1) is 10.1 Å². The molecule has 18 heavy (non-hydrogen) atoms. The van der Waals surface area contributed by atoms with Crippen molar-refractivity contribution >= 4 is 17.9 Å². The van der Waals surface area contributed by atoms with Gasteiger partial charge in [-0.15, -0.1) is 0 Å². The van der Waals surface area contributed by atoms with E-state index in [1.165, 1.54) is 0 Å². The van der Waals surface area contributed by atoms with Crippen molar-refractivity contribution in [1.29, 1.82) is 0 Å². The molecule has 1 amide bonds. The summed E-state index contributed by atoms with van der Waals surface area (Å²) in [7, 11) is 0. The van der Waals surface area contributed by atoms with E-state index in [-0.39, 0.29) is 12.4 Å². The van der Waals surface area contributed by atoms with Crippen LogP contribution in [-0.4, -0.2) is 17.1 Å². The molecule has 2 N–H and O–H groups in total. The molecule has 1 rings (SSSR count). The molecule has 0 radical (unpaired) electrons. The number of nitro groups is 1. The summed E-state index contributed by atoms with van der Waals surface area (Å²) in [5, 5.41) is 10.5. The average Bonchev–Trinajstić information content (AvgIpc) is 2.25. The maximum Gasteiger partial charge on any atom is 0.417 e. The number of alkyl halides is 3. The van der Waals surface area contributed by atoms with Gasteiger partial charge < -0.3 is 5.73 Å². The first-order valence-corrected chi connectivity index (χ1v) is 4.33. The maximum atomic E-state index is 12.5. The maximum absolute atomic E-state index is 12.5. The molecule has 0 unspecified atom stereocenters. The van der Waals surface area contributed by atoms with Crippen LogP contribution in [0.3, 0.4) is 0 Å². The Labute approximate surface area is 97.3 Å². The lowest BCUT2D eigenvalue weighted by atomic mass is 10.0. The summed E-state index contributed by atoms with van der Waals surface area (Å²) in [6.45, 7) is 0. The number of hydrogen-bond donors (Lipinski definition) is 1. The fourth-order valence-electron chi connectivity index (χ4n) is 1.30. The van der Waals surface area contributed by atoms with Gasteiger partial charge >= 0.3 is 6.18 Å². The lowest BCUT2D eigenvalue weighted by Crippen LogP contribution is -2.17. The Morgan fingerprint density at radius 3 is 2.28 bits per heavy atom. The van der Waals surface area contributed by atoms with Gasteiger partial charge in [-0.25, -0.2) is 0 Å². The van der Waals surface area contributed by atoms with Crippen molar-refractivity contribution in [3.05, 3.63) is 38.9 Å². The Hall–Kier alpha value is -2.45. The van der Waals surface area contributed by atoms with Crippen molar-refractivity contribution in [2.24, 2.45) is 5.73 Å². The molecule has 0 aromatic heterocycles. The Morgan fingerprint density at radius 1 is 1.39 bits per heavy atom. The minimum atomic E-state index is -4.95. The predicted molar refractivity (Wildman–Crippen MR) is 52.0 cm³/mol. The van der Waals surface area contributed by atoms with Crippen LogP contribution in [0.2, 0.25) is 0 Å². The number of carbonyl (C=O) groups excluding carboxylic acids is 2. The first kappa shape index (κ1) is 13.6. The normalized spacial score (nSPS) is 11.1. The van der Waals surface area contributed by atoms with Crippen molar-refractivity contribution in [1.82, 2.24) is 0 Å². The van der Waals surface area contributed by atoms with Crippen molar-refractivity contribution in [3.63, 3.8) is 0 Å². The van der Waals surface area contributed by atoms with Gasteiger partial charge in [0.2, 0.25) is 0 Å². The molecule has 0 atom stereocenters. The summed E-state index contributed by atoms with van der Waals surface area (Å²) >= 11 is 0. The third-order valence-corrected chi connectivity index (χ3v) is 2.06. The number of benzene rings is 1. The van der Waals surface area contributed by atoms with E-state index in [9.17, 15) is 32.9 Å². The molecule has 1 aromatic carbocycles. The van der Waals surface area contributed by atoms with Crippen molar-refractivity contribution in [2.75, 3.05) is 0 Å². The molecule has 0 aliphatic rings. The molecule has 6 nitrogen and oxygen atoms in total. The first-order valence-electron chi connectivity index (χ1n) is 4.33. The number of nitrogens with two attached hydrogens (primary N) is 1. The fourth-order valence-corrected chi connectivity index (χ4v) is 1.30. The van der Waals surface area contributed by atoms with Crippen LogP contribution in [0.1, 0.15) is 26.3 Å². The highest BCUT2D eigenvalue weighted by Gasteiger charge is 2.36. The minimum Gasteiger partial charge on any atom is -0.365 e. The molecular weight excluding hydrogens is 257 g/mol. The molecule has 0 heterocycles. The first-order chi connectivity index (χ1) is 8.18. The lowest BCUT2D eigenvalue weighted by molar-refractivity contribution is -0.385. The fraction of sp³-hybridized carbons (Fsp3) is 0.111. The van der Waals surface area contributed by atoms with E-state index in [4.69, 9.17) is 5.73 Å². The van der Waals surface area contributed by atoms with Crippen molar-refractivity contribution in [3.8, 4) is 0 Å². The van der Waals surface area contributed by atoms with Gasteiger partial charge in [0.25, 0.3) is 11.6 Å². The molecule has 0 fully saturated rings. The highest BCUT2D eigenvalue weighted by Crippen LogP contribution is 2.35. The molecular formula is C9H5F3N2O4. The van der Waals surface area contributed by atoms with E-state index in [2.05, 4.69) is 0 Å². The highest BCUT2D eigenvalue weighted by molar-refractivity contribution is 5.99. The zero-order valence-electron chi connectivity index (χ0n) is 8.52. The van der Waals surface area contributed by atoms with Crippen molar-refractivity contribution in [2.45, 2.75) is 6.18 Å². The van der Waals surface area contributed by atoms with Gasteiger partial charge in [0.05, 0.1) is 10.5 Å². The van der Waals surface area contributed by atoms with Gasteiger partial charge in [-0.1, -0.05) is 0 Å². The van der Waals surface area contributed by atoms with Crippen LogP contribution in [0.4, 0.5) is 18.9 Å². The third kappa shape index (κ3) is 2.44. The molecule has 1 aromatic rings. The van der Waals surface area contributed by atoms with Gasteiger partial charge in [0, 0.05) is 11.6 Å². The summed E-state index contributed by atoms with van der Waals surface area (Å²) in [6, 6.07) is 0.570. The minimum absolute atomic E-state index is 0.115. The molecule has 0 aliphatic carbocycles. The summed E-state index contributed by atoms with van der Waals surface area (Å²) in [5.41, 5.74) is 0.565. The predicted octanol–water partition coefficient (Wildman–Crippen LogP) is 1.52. The Bertz CT molecular complexity index is 539. The Morgan fingerprint density at radius 2 is 1.94 bits per heavy atom. The second kappa shape index (κ2) is 4.43. The molecule has 0 aliphatic heterocycles. The molecule has 9 heteroatoms. The highest BCUT2D eigenvalue weighted by atomic mass is 19.4. The number of nitrogens with zero attached hydrogens (tertiary/aromatic N) is 1. The Kier molecular flexibility index (Phi) is 3.35.